The van der Waals surface area contributed by atoms with Gasteiger partial charge in [-0.3, -0.25) is 8.99 Å². The summed E-state index contributed by atoms with van der Waals surface area (Å²) in [6.45, 7) is 0.327. The molecule has 0 atom stereocenters. The maximum atomic E-state index is 13.2. The van der Waals surface area contributed by atoms with Crippen LogP contribution in [0.25, 0.3) is 0 Å². The van der Waals surface area contributed by atoms with Crippen molar-refractivity contribution in [3.8, 4) is 0 Å². The molecule has 136 valence electrons. The number of sulfonamides is 1. The van der Waals surface area contributed by atoms with E-state index in [4.69, 9.17) is 11.6 Å². The van der Waals surface area contributed by atoms with E-state index in [1.807, 2.05) is 0 Å². The van der Waals surface area contributed by atoms with Crippen LogP contribution in [0.4, 0.5) is 24.5 Å². The van der Waals surface area contributed by atoms with Crippen LogP contribution in [0.5, 0.6) is 0 Å². The minimum Gasteiger partial charge on any atom is -0.371 e. The van der Waals surface area contributed by atoms with Crippen molar-refractivity contribution >= 4 is 33.0 Å². The predicted octanol–water partition coefficient (Wildman–Crippen LogP) is 2.74. The number of hydrogen-bond donors (Lipinski definition) is 0. The summed E-state index contributed by atoms with van der Waals surface area (Å²) in [6, 6.07) is 4.55. The van der Waals surface area contributed by atoms with Crippen molar-refractivity contribution in [3.63, 3.8) is 0 Å². The van der Waals surface area contributed by atoms with Crippen molar-refractivity contribution in [1.29, 1.82) is 0 Å². The molecule has 6 nitrogen and oxygen atoms in total. The second-order valence-electron chi connectivity index (χ2n) is 5.65. The fourth-order valence-corrected chi connectivity index (χ4v) is 4.54. The monoisotopic (exact) mass is 394 g/mol. The van der Waals surface area contributed by atoms with Gasteiger partial charge < -0.3 is 4.90 Å². The second kappa shape index (κ2) is 5.80. The molecule has 0 saturated carbocycles. The zero-order valence-electron chi connectivity index (χ0n) is 13.2. The summed E-state index contributed by atoms with van der Waals surface area (Å²) < 4.78 is 67.2. The standard InChI is InChI=1S/C14H14ClF3N4O2S/c1-20-5-6-22(10-4-3-9(15)7-11(10)20)25(23,24)12-8-21(2)19-13(12)14(16,17)18/h3-4,7-8H,5-6H2,1-2H3. The van der Waals surface area contributed by atoms with Crippen LogP contribution < -0.4 is 9.21 Å². The molecule has 0 aliphatic carbocycles. The molecule has 0 radical (unpaired) electrons. The first-order chi connectivity index (χ1) is 11.5. The lowest BCUT2D eigenvalue weighted by Crippen LogP contribution is -2.43. The van der Waals surface area contributed by atoms with Crippen LogP contribution in [0.2, 0.25) is 5.02 Å². The number of hydrogen-bond acceptors (Lipinski definition) is 4. The zero-order chi connectivity index (χ0) is 18.6. The highest BCUT2D eigenvalue weighted by Crippen LogP contribution is 2.40. The maximum absolute atomic E-state index is 13.2. The van der Waals surface area contributed by atoms with Crippen LogP contribution in [0.15, 0.2) is 29.3 Å². The summed E-state index contributed by atoms with van der Waals surface area (Å²) in [5.74, 6) is 0. The van der Waals surface area contributed by atoms with E-state index >= 15 is 0 Å². The molecule has 0 N–H and O–H groups in total. The van der Waals surface area contributed by atoms with Gasteiger partial charge in [0.05, 0.1) is 17.9 Å². The van der Waals surface area contributed by atoms with Gasteiger partial charge in [-0.25, -0.2) is 8.42 Å². The topological polar surface area (TPSA) is 58.4 Å². The fraction of sp³-hybridized carbons (Fsp3) is 0.357. The molecule has 0 amide bonds. The third-order valence-electron chi connectivity index (χ3n) is 3.89. The zero-order valence-corrected chi connectivity index (χ0v) is 14.8. The van der Waals surface area contributed by atoms with Crippen LogP contribution in [-0.4, -0.2) is 38.3 Å². The molecule has 25 heavy (non-hydrogen) atoms. The van der Waals surface area contributed by atoms with Crippen molar-refractivity contribution in [2.75, 3.05) is 29.3 Å². The van der Waals surface area contributed by atoms with Gasteiger partial charge in [-0.15, -0.1) is 0 Å². The Morgan fingerprint density at radius 2 is 1.84 bits per heavy atom. The Balaban J connectivity index is 2.16. The van der Waals surface area contributed by atoms with Crippen LogP contribution in [0, 0.1) is 0 Å². The Kier molecular flexibility index (Phi) is 4.15. The van der Waals surface area contributed by atoms with E-state index < -0.39 is 26.8 Å². The first-order valence-corrected chi connectivity index (χ1v) is 8.98. The molecular weight excluding hydrogens is 381 g/mol. The SMILES string of the molecule is CN1CCN(S(=O)(=O)c2cn(C)nc2C(F)(F)F)c2ccc(Cl)cc21. The minimum absolute atomic E-state index is 0.0135. The first kappa shape index (κ1) is 17.9. The van der Waals surface area contributed by atoms with Crippen LogP contribution in [0.3, 0.4) is 0 Å². The number of rotatable bonds is 2. The van der Waals surface area contributed by atoms with Crippen molar-refractivity contribution in [1.82, 2.24) is 9.78 Å². The van der Waals surface area contributed by atoms with E-state index in [1.165, 1.54) is 19.2 Å². The molecule has 2 heterocycles. The van der Waals surface area contributed by atoms with E-state index in [0.717, 1.165) is 15.2 Å². The Labute approximate surface area is 147 Å². The molecule has 0 spiro atoms. The number of fused-ring (bicyclic) bond motifs is 1. The quantitative estimate of drug-likeness (QED) is 0.786. The summed E-state index contributed by atoms with van der Waals surface area (Å²) in [5, 5.41) is 3.69. The average molecular weight is 395 g/mol. The molecule has 0 unspecified atom stereocenters. The van der Waals surface area contributed by atoms with E-state index in [1.54, 1.807) is 18.0 Å². The summed E-state index contributed by atoms with van der Waals surface area (Å²) in [4.78, 5) is 0.925. The van der Waals surface area contributed by atoms with Gasteiger partial charge in [-0.05, 0) is 18.2 Å². The number of likely N-dealkylation sites (N-methyl/N-ethyl adjacent to an activating group) is 1. The van der Waals surface area contributed by atoms with Gasteiger partial charge in [0.25, 0.3) is 10.0 Å². The number of benzene rings is 1. The van der Waals surface area contributed by atoms with Gasteiger partial charge in [0.1, 0.15) is 4.90 Å². The van der Waals surface area contributed by atoms with E-state index in [-0.39, 0.29) is 12.2 Å². The van der Waals surface area contributed by atoms with E-state index in [9.17, 15) is 21.6 Å². The highest BCUT2D eigenvalue weighted by Gasteiger charge is 2.43. The highest BCUT2D eigenvalue weighted by atomic mass is 35.5. The lowest BCUT2D eigenvalue weighted by Gasteiger charge is -2.36. The summed E-state index contributed by atoms with van der Waals surface area (Å²) in [7, 11) is -1.45. The molecule has 2 aromatic rings. The third kappa shape index (κ3) is 3.04. The van der Waals surface area contributed by atoms with Crippen molar-refractivity contribution in [2.24, 2.45) is 7.05 Å². The Morgan fingerprint density at radius 1 is 1.16 bits per heavy atom. The van der Waals surface area contributed by atoms with Crippen molar-refractivity contribution in [2.45, 2.75) is 11.1 Å². The molecule has 1 aliphatic heterocycles. The van der Waals surface area contributed by atoms with E-state index in [0.29, 0.717) is 17.3 Å². The molecule has 0 fully saturated rings. The van der Waals surface area contributed by atoms with Gasteiger partial charge in [-0.1, -0.05) is 11.6 Å². The van der Waals surface area contributed by atoms with Crippen molar-refractivity contribution < 1.29 is 21.6 Å². The fourth-order valence-electron chi connectivity index (χ4n) is 2.72. The molecule has 1 aromatic heterocycles. The predicted molar refractivity (Wildman–Crippen MR) is 87.5 cm³/mol. The second-order valence-corrected chi connectivity index (χ2v) is 7.91. The molecule has 11 heteroatoms. The number of nitrogens with zero attached hydrogens (tertiary/aromatic N) is 4. The molecule has 1 aliphatic rings. The van der Waals surface area contributed by atoms with Crippen LogP contribution >= 0.6 is 11.6 Å². The molecule has 0 bridgehead atoms. The normalized spacial score (nSPS) is 15.4. The molecule has 1 aromatic carbocycles. The Hall–Kier alpha value is -1.94. The Morgan fingerprint density at radius 3 is 2.48 bits per heavy atom. The summed E-state index contributed by atoms with van der Waals surface area (Å²) in [6.07, 6.45) is -4.01. The number of aromatic nitrogens is 2. The molecular formula is C14H14ClF3N4O2S. The lowest BCUT2D eigenvalue weighted by atomic mass is 10.2. The highest BCUT2D eigenvalue weighted by molar-refractivity contribution is 7.93. The van der Waals surface area contributed by atoms with Gasteiger partial charge >= 0.3 is 6.18 Å². The van der Waals surface area contributed by atoms with Gasteiger partial charge in [0.2, 0.25) is 0 Å². The van der Waals surface area contributed by atoms with Gasteiger partial charge in [0, 0.05) is 31.9 Å². The first-order valence-electron chi connectivity index (χ1n) is 7.16. The summed E-state index contributed by atoms with van der Waals surface area (Å²) in [5.41, 5.74) is -0.626. The Bertz CT molecular complexity index is 927. The van der Waals surface area contributed by atoms with Crippen LogP contribution in [0.1, 0.15) is 5.69 Å². The number of alkyl halides is 3. The van der Waals surface area contributed by atoms with E-state index in [2.05, 4.69) is 5.10 Å². The maximum Gasteiger partial charge on any atom is 0.436 e. The molecule has 3 rings (SSSR count). The average Bonchev–Trinajstić information content (AvgIpc) is 2.91. The van der Waals surface area contributed by atoms with Crippen molar-refractivity contribution in [3.05, 3.63) is 35.1 Å². The van der Waals surface area contributed by atoms with Crippen LogP contribution in [-0.2, 0) is 23.2 Å². The number of halogens is 4. The summed E-state index contributed by atoms with van der Waals surface area (Å²) >= 11 is 5.95. The smallest absolute Gasteiger partial charge is 0.371 e. The third-order valence-corrected chi connectivity index (χ3v) is 5.94. The minimum atomic E-state index is -4.88. The number of anilines is 2. The largest absolute Gasteiger partial charge is 0.436 e. The lowest BCUT2D eigenvalue weighted by molar-refractivity contribution is -0.143. The van der Waals surface area contributed by atoms with Gasteiger partial charge in [0.15, 0.2) is 5.69 Å². The van der Waals surface area contributed by atoms with Gasteiger partial charge in [-0.2, -0.15) is 18.3 Å². The molecule has 0 saturated heterocycles. The number of aryl methyl sites for hydroxylation is 1.